The molecule has 0 atom stereocenters. The Labute approximate surface area is 101 Å². The minimum atomic E-state index is 1.07. The highest BCUT2D eigenvalue weighted by molar-refractivity contribution is 5.82. The number of benzene rings is 1. The van der Waals surface area contributed by atoms with Crippen molar-refractivity contribution < 1.29 is 0 Å². The van der Waals surface area contributed by atoms with Crippen molar-refractivity contribution in [1.82, 2.24) is 10.3 Å². The molecule has 1 N–H and O–H groups in total. The van der Waals surface area contributed by atoms with Gasteiger partial charge in [0.1, 0.15) is 0 Å². The zero-order chi connectivity index (χ0) is 11.7. The van der Waals surface area contributed by atoms with E-state index in [0.717, 1.165) is 37.4 Å². The van der Waals surface area contributed by atoms with Crippen LogP contribution in [0.25, 0.3) is 10.9 Å². The number of pyridine rings is 1. The van der Waals surface area contributed by atoms with Gasteiger partial charge in [-0.05, 0) is 31.2 Å². The number of piperazine rings is 1. The van der Waals surface area contributed by atoms with E-state index in [2.05, 4.69) is 45.5 Å². The molecule has 0 aliphatic carbocycles. The SMILES string of the molecule is Cc1ccc2cc(N3CCNCC3)ccc2n1. The molecule has 17 heavy (non-hydrogen) atoms. The molecule has 3 nitrogen and oxygen atoms in total. The Hall–Kier alpha value is -1.61. The van der Waals surface area contributed by atoms with Crippen molar-refractivity contribution in [1.29, 1.82) is 0 Å². The van der Waals surface area contributed by atoms with Crippen molar-refractivity contribution in [3.8, 4) is 0 Å². The van der Waals surface area contributed by atoms with Crippen molar-refractivity contribution in [2.75, 3.05) is 31.1 Å². The molecule has 0 radical (unpaired) electrons. The lowest BCUT2D eigenvalue weighted by atomic mass is 10.1. The molecule has 0 amide bonds. The van der Waals surface area contributed by atoms with Crippen LogP contribution in [0.15, 0.2) is 30.3 Å². The van der Waals surface area contributed by atoms with Gasteiger partial charge in [-0.15, -0.1) is 0 Å². The van der Waals surface area contributed by atoms with Crippen LogP contribution < -0.4 is 10.2 Å². The van der Waals surface area contributed by atoms with Gasteiger partial charge in [0.2, 0.25) is 0 Å². The van der Waals surface area contributed by atoms with Crippen LogP contribution in [-0.2, 0) is 0 Å². The summed E-state index contributed by atoms with van der Waals surface area (Å²) in [5.74, 6) is 0. The van der Waals surface area contributed by atoms with Crippen LogP contribution in [0.2, 0.25) is 0 Å². The molecule has 1 aliphatic rings. The van der Waals surface area contributed by atoms with Gasteiger partial charge in [0.25, 0.3) is 0 Å². The third kappa shape index (κ3) is 2.11. The molecule has 1 aromatic heterocycles. The van der Waals surface area contributed by atoms with E-state index in [-0.39, 0.29) is 0 Å². The summed E-state index contributed by atoms with van der Waals surface area (Å²) in [6.07, 6.45) is 0. The Bertz CT molecular complexity index is 530. The lowest BCUT2D eigenvalue weighted by molar-refractivity contribution is 0.589. The van der Waals surface area contributed by atoms with Gasteiger partial charge in [-0.3, -0.25) is 4.98 Å². The molecule has 0 saturated carbocycles. The number of hydrogen-bond acceptors (Lipinski definition) is 3. The summed E-state index contributed by atoms with van der Waals surface area (Å²) in [4.78, 5) is 6.96. The molecule has 1 saturated heterocycles. The summed E-state index contributed by atoms with van der Waals surface area (Å²) in [5, 5.41) is 4.60. The van der Waals surface area contributed by atoms with Crippen molar-refractivity contribution >= 4 is 16.6 Å². The molecule has 1 aromatic carbocycles. The summed E-state index contributed by atoms with van der Waals surface area (Å²) in [5.41, 5.74) is 3.47. The first kappa shape index (κ1) is 10.5. The summed E-state index contributed by atoms with van der Waals surface area (Å²) < 4.78 is 0. The average molecular weight is 227 g/mol. The molecule has 2 aromatic rings. The maximum absolute atomic E-state index is 4.53. The second kappa shape index (κ2) is 4.34. The molecule has 1 fully saturated rings. The van der Waals surface area contributed by atoms with Gasteiger partial charge in [-0.2, -0.15) is 0 Å². The van der Waals surface area contributed by atoms with Crippen molar-refractivity contribution in [2.24, 2.45) is 0 Å². The number of anilines is 1. The van der Waals surface area contributed by atoms with Crippen LogP contribution in [0.3, 0.4) is 0 Å². The number of hydrogen-bond donors (Lipinski definition) is 1. The number of rotatable bonds is 1. The zero-order valence-corrected chi connectivity index (χ0v) is 10.1. The summed E-state index contributed by atoms with van der Waals surface area (Å²) >= 11 is 0. The summed E-state index contributed by atoms with van der Waals surface area (Å²) in [6, 6.07) is 10.8. The Morgan fingerprint density at radius 2 is 1.94 bits per heavy atom. The Morgan fingerprint density at radius 3 is 2.76 bits per heavy atom. The monoisotopic (exact) mass is 227 g/mol. The molecule has 0 bridgehead atoms. The van der Waals surface area contributed by atoms with E-state index < -0.39 is 0 Å². The Morgan fingerprint density at radius 1 is 1.12 bits per heavy atom. The fourth-order valence-electron chi connectivity index (χ4n) is 2.33. The minimum Gasteiger partial charge on any atom is -0.369 e. The van der Waals surface area contributed by atoms with E-state index in [1.54, 1.807) is 0 Å². The van der Waals surface area contributed by atoms with Gasteiger partial charge in [0, 0.05) is 42.9 Å². The third-order valence-corrected chi connectivity index (χ3v) is 3.29. The molecular formula is C14H17N3. The molecule has 88 valence electrons. The Balaban J connectivity index is 1.98. The smallest absolute Gasteiger partial charge is 0.0706 e. The van der Waals surface area contributed by atoms with E-state index in [0.29, 0.717) is 0 Å². The molecule has 0 spiro atoms. The van der Waals surface area contributed by atoms with E-state index in [1.807, 2.05) is 6.92 Å². The van der Waals surface area contributed by atoms with Crippen molar-refractivity contribution in [2.45, 2.75) is 6.92 Å². The van der Waals surface area contributed by atoms with Crippen LogP contribution >= 0.6 is 0 Å². The van der Waals surface area contributed by atoms with E-state index in [4.69, 9.17) is 0 Å². The van der Waals surface area contributed by atoms with Gasteiger partial charge in [0.05, 0.1) is 5.52 Å². The first-order valence-electron chi connectivity index (χ1n) is 6.16. The van der Waals surface area contributed by atoms with Gasteiger partial charge in [-0.25, -0.2) is 0 Å². The fraction of sp³-hybridized carbons (Fsp3) is 0.357. The molecule has 1 aliphatic heterocycles. The normalized spacial score (nSPS) is 16.4. The first-order chi connectivity index (χ1) is 8.33. The highest BCUT2D eigenvalue weighted by atomic mass is 15.2. The lowest BCUT2D eigenvalue weighted by Crippen LogP contribution is -2.43. The molecule has 3 rings (SSSR count). The predicted octanol–water partition coefficient (Wildman–Crippen LogP) is 1.95. The number of fused-ring (bicyclic) bond motifs is 1. The minimum absolute atomic E-state index is 1.07. The van der Waals surface area contributed by atoms with E-state index in [9.17, 15) is 0 Å². The number of aryl methyl sites for hydroxylation is 1. The number of nitrogens with one attached hydrogen (secondary N) is 1. The highest BCUT2D eigenvalue weighted by Gasteiger charge is 2.10. The van der Waals surface area contributed by atoms with E-state index >= 15 is 0 Å². The van der Waals surface area contributed by atoms with Crippen molar-refractivity contribution in [3.63, 3.8) is 0 Å². The van der Waals surface area contributed by atoms with Gasteiger partial charge >= 0.3 is 0 Å². The number of aromatic nitrogens is 1. The molecule has 3 heteroatoms. The zero-order valence-electron chi connectivity index (χ0n) is 10.1. The van der Waals surface area contributed by atoms with Crippen LogP contribution in [0.1, 0.15) is 5.69 Å². The van der Waals surface area contributed by atoms with Crippen LogP contribution in [-0.4, -0.2) is 31.2 Å². The van der Waals surface area contributed by atoms with Gasteiger partial charge < -0.3 is 10.2 Å². The standard InChI is InChI=1S/C14H17N3/c1-11-2-3-12-10-13(4-5-14(12)16-11)17-8-6-15-7-9-17/h2-5,10,15H,6-9H2,1H3. The second-order valence-electron chi connectivity index (χ2n) is 4.57. The summed E-state index contributed by atoms with van der Waals surface area (Å²) in [6.45, 7) is 6.35. The molecule has 0 unspecified atom stereocenters. The van der Waals surface area contributed by atoms with Crippen LogP contribution in [0, 0.1) is 6.92 Å². The Kier molecular flexibility index (Phi) is 2.69. The second-order valence-corrected chi connectivity index (χ2v) is 4.57. The van der Waals surface area contributed by atoms with Gasteiger partial charge in [0.15, 0.2) is 0 Å². The summed E-state index contributed by atoms with van der Waals surface area (Å²) in [7, 11) is 0. The first-order valence-corrected chi connectivity index (χ1v) is 6.16. The average Bonchev–Trinajstić information content (AvgIpc) is 2.39. The van der Waals surface area contributed by atoms with Crippen molar-refractivity contribution in [3.05, 3.63) is 36.0 Å². The van der Waals surface area contributed by atoms with E-state index in [1.165, 1.54) is 11.1 Å². The fourth-order valence-corrected chi connectivity index (χ4v) is 2.33. The van der Waals surface area contributed by atoms with Crippen LogP contribution in [0.4, 0.5) is 5.69 Å². The van der Waals surface area contributed by atoms with Crippen LogP contribution in [0.5, 0.6) is 0 Å². The maximum Gasteiger partial charge on any atom is 0.0706 e. The maximum atomic E-state index is 4.53. The topological polar surface area (TPSA) is 28.2 Å². The highest BCUT2D eigenvalue weighted by Crippen LogP contribution is 2.21. The molecular weight excluding hydrogens is 210 g/mol. The molecule has 2 heterocycles. The largest absolute Gasteiger partial charge is 0.369 e. The lowest BCUT2D eigenvalue weighted by Gasteiger charge is -2.29. The number of nitrogens with zero attached hydrogens (tertiary/aromatic N) is 2. The quantitative estimate of drug-likeness (QED) is 0.807. The third-order valence-electron chi connectivity index (χ3n) is 3.29. The predicted molar refractivity (Wildman–Crippen MR) is 71.6 cm³/mol. The van der Waals surface area contributed by atoms with Gasteiger partial charge in [-0.1, -0.05) is 6.07 Å².